The second-order valence-corrected chi connectivity index (χ2v) is 11.6. The zero-order valence-corrected chi connectivity index (χ0v) is 25.6. The number of para-hydroxylation sites is 1. The van der Waals surface area contributed by atoms with E-state index in [1.807, 2.05) is 60.7 Å². The van der Waals surface area contributed by atoms with Crippen LogP contribution in [0.1, 0.15) is 29.5 Å². The monoisotopic (exact) mass is 617 g/mol. The maximum Gasteiger partial charge on any atom is 0.411 e. The molecule has 6 nitrogen and oxygen atoms in total. The highest BCUT2D eigenvalue weighted by Gasteiger charge is 2.22. The maximum absolute atomic E-state index is 12.7. The van der Waals surface area contributed by atoms with Gasteiger partial charge in [-0.05, 0) is 66.6 Å². The predicted octanol–water partition coefficient (Wildman–Crippen LogP) is 7.95. The predicted molar refractivity (Wildman–Crippen MR) is 175 cm³/mol. The summed E-state index contributed by atoms with van der Waals surface area (Å²) in [7, 11) is 0. The van der Waals surface area contributed by atoms with Gasteiger partial charge in [-0.15, -0.1) is 0 Å². The normalized spacial score (nSPS) is 14.0. The van der Waals surface area contributed by atoms with E-state index in [2.05, 4.69) is 39.8 Å². The second kappa shape index (κ2) is 15.3. The molecule has 3 N–H and O–H groups in total. The summed E-state index contributed by atoms with van der Waals surface area (Å²) in [5.41, 5.74) is 6.18. The standard InChI is InChI=1S/C35H37Cl2N3O3/c36-31-15-14-28(33(37)34(31)41)24-38-20-16-25-10-12-26(13-11-25)17-21-40-22-18-29(19-23-40)43-35(42)39-32-9-5-4-8-30(32)27-6-2-1-3-7-27/h1-15,29,38,41H,16-24H2,(H,39,42). The van der Waals surface area contributed by atoms with Crippen molar-refractivity contribution in [3.8, 4) is 16.9 Å². The van der Waals surface area contributed by atoms with Crippen LogP contribution in [0.3, 0.4) is 0 Å². The lowest BCUT2D eigenvalue weighted by Gasteiger charge is -2.31. The van der Waals surface area contributed by atoms with Gasteiger partial charge >= 0.3 is 6.09 Å². The molecule has 1 saturated heterocycles. The third-order valence-electron chi connectivity index (χ3n) is 7.85. The molecule has 0 saturated carbocycles. The molecule has 0 aliphatic carbocycles. The molecule has 224 valence electrons. The Morgan fingerprint density at radius 3 is 2.28 bits per heavy atom. The van der Waals surface area contributed by atoms with E-state index in [1.165, 1.54) is 11.1 Å². The summed E-state index contributed by atoms with van der Waals surface area (Å²) in [6.07, 6.45) is 3.08. The molecule has 1 aliphatic heterocycles. The number of ether oxygens (including phenoxy) is 1. The number of carbonyl (C=O) groups excluding carboxylic acids is 1. The minimum Gasteiger partial charge on any atom is -0.505 e. The molecule has 0 unspecified atom stereocenters. The molecule has 1 amide bonds. The average molecular weight is 619 g/mol. The van der Waals surface area contributed by atoms with Crippen molar-refractivity contribution in [3.63, 3.8) is 0 Å². The van der Waals surface area contributed by atoms with E-state index in [-0.39, 0.29) is 16.9 Å². The zero-order chi connectivity index (χ0) is 30.0. The van der Waals surface area contributed by atoms with E-state index in [1.54, 1.807) is 6.07 Å². The molecule has 4 aromatic rings. The third-order valence-corrected chi connectivity index (χ3v) is 8.58. The van der Waals surface area contributed by atoms with Crippen molar-refractivity contribution >= 4 is 35.0 Å². The van der Waals surface area contributed by atoms with Gasteiger partial charge in [0.1, 0.15) is 6.10 Å². The Morgan fingerprint density at radius 2 is 1.53 bits per heavy atom. The van der Waals surface area contributed by atoms with Gasteiger partial charge in [0.15, 0.2) is 5.75 Å². The van der Waals surface area contributed by atoms with Crippen molar-refractivity contribution in [1.82, 2.24) is 10.2 Å². The van der Waals surface area contributed by atoms with Gasteiger partial charge in [-0.3, -0.25) is 5.32 Å². The molecular formula is C35H37Cl2N3O3. The Labute approximate surface area is 263 Å². The average Bonchev–Trinajstić information content (AvgIpc) is 3.04. The maximum atomic E-state index is 12.7. The highest BCUT2D eigenvalue weighted by Crippen LogP contribution is 2.34. The first-order valence-electron chi connectivity index (χ1n) is 14.7. The fraction of sp³-hybridized carbons (Fsp3) is 0.286. The number of phenols is 1. The van der Waals surface area contributed by atoms with Gasteiger partial charge in [-0.25, -0.2) is 4.79 Å². The topological polar surface area (TPSA) is 73.8 Å². The van der Waals surface area contributed by atoms with Gasteiger partial charge < -0.3 is 20.1 Å². The molecule has 1 aliphatic rings. The third kappa shape index (κ3) is 8.74. The lowest BCUT2D eigenvalue weighted by Crippen LogP contribution is -2.39. The van der Waals surface area contributed by atoms with E-state index in [9.17, 15) is 9.90 Å². The van der Waals surface area contributed by atoms with Crippen molar-refractivity contribution in [2.75, 3.05) is 31.5 Å². The molecule has 0 atom stereocenters. The Kier molecular flexibility index (Phi) is 11.0. The second-order valence-electron chi connectivity index (χ2n) is 10.8. The van der Waals surface area contributed by atoms with Crippen LogP contribution in [0.4, 0.5) is 10.5 Å². The fourth-order valence-corrected chi connectivity index (χ4v) is 5.78. The first-order chi connectivity index (χ1) is 21.0. The summed E-state index contributed by atoms with van der Waals surface area (Å²) < 4.78 is 5.79. The fourth-order valence-electron chi connectivity index (χ4n) is 5.34. The number of phenolic OH excluding ortho intramolecular Hbond substituents is 1. The number of benzene rings is 4. The minimum absolute atomic E-state index is 0.0695. The summed E-state index contributed by atoms with van der Waals surface area (Å²) in [6.45, 7) is 4.18. The highest BCUT2D eigenvalue weighted by atomic mass is 35.5. The van der Waals surface area contributed by atoms with E-state index in [0.717, 1.165) is 74.2 Å². The van der Waals surface area contributed by atoms with Crippen molar-refractivity contribution in [2.45, 2.75) is 38.3 Å². The Morgan fingerprint density at radius 1 is 0.860 bits per heavy atom. The number of halogens is 2. The van der Waals surface area contributed by atoms with E-state index >= 15 is 0 Å². The van der Waals surface area contributed by atoms with E-state index in [4.69, 9.17) is 27.9 Å². The number of likely N-dealkylation sites (tertiary alicyclic amines) is 1. The van der Waals surface area contributed by atoms with Crippen LogP contribution < -0.4 is 10.6 Å². The summed E-state index contributed by atoms with van der Waals surface area (Å²) in [5.74, 6) is -0.0695. The SMILES string of the molecule is O=C(Nc1ccccc1-c1ccccc1)OC1CCN(CCc2ccc(CCNCc3ccc(Cl)c(O)c3Cl)cc2)CC1. The number of nitrogens with one attached hydrogen (secondary N) is 2. The number of piperidine rings is 1. The molecule has 4 aromatic carbocycles. The van der Waals surface area contributed by atoms with Crippen LogP contribution in [-0.2, 0) is 24.1 Å². The van der Waals surface area contributed by atoms with Gasteiger partial charge in [-0.1, -0.05) is 102 Å². The number of hydrogen-bond donors (Lipinski definition) is 3. The minimum atomic E-state index is -0.398. The lowest BCUT2D eigenvalue weighted by molar-refractivity contribution is 0.0593. The molecular weight excluding hydrogens is 581 g/mol. The van der Waals surface area contributed by atoms with Gasteiger partial charge in [-0.2, -0.15) is 0 Å². The van der Waals surface area contributed by atoms with Crippen LogP contribution in [0, 0.1) is 0 Å². The van der Waals surface area contributed by atoms with Crippen molar-refractivity contribution in [2.24, 2.45) is 0 Å². The van der Waals surface area contributed by atoms with Gasteiger partial charge in [0.2, 0.25) is 0 Å². The summed E-state index contributed by atoms with van der Waals surface area (Å²) >= 11 is 12.1. The van der Waals surface area contributed by atoms with Gasteiger partial charge in [0, 0.05) is 31.7 Å². The molecule has 1 heterocycles. The summed E-state index contributed by atoms with van der Waals surface area (Å²) in [6, 6.07) is 30.1. The van der Waals surface area contributed by atoms with Crippen LogP contribution in [-0.4, -0.2) is 48.4 Å². The van der Waals surface area contributed by atoms with Crippen molar-refractivity contribution in [3.05, 3.63) is 118 Å². The van der Waals surface area contributed by atoms with Gasteiger partial charge in [0.25, 0.3) is 0 Å². The van der Waals surface area contributed by atoms with E-state index < -0.39 is 6.09 Å². The van der Waals surface area contributed by atoms with Crippen LogP contribution in [0.2, 0.25) is 10.0 Å². The molecule has 8 heteroatoms. The molecule has 0 aromatic heterocycles. The van der Waals surface area contributed by atoms with Crippen molar-refractivity contribution < 1.29 is 14.6 Å². The number of carbonyl (C=O) groups is 1. The Balaban J connectivity index is 0.993. The molecule has 1 fully saturated rings. The quantitative estimate of drug-likeness (QED) is 0.149. The van der Waals surface area contributed by atoms with Crippen LogP contribution in [0.15, 0.2) is 91.0 Å². The molecule has 0 radical (unpaired) electrons. The van der Waals surface area contributed by atoms with Crippen LogP contribution in [0.25, 0.3) is 11.1 Å². The lowest BCUT2D eigenvalue weighted by atomic mass is 10.0. The zero-order valence-electron chi connectivity index (χ0n) is 24.1. The number of hydrogen-bond acceptors (Lipinski definition) is 5. The first kappa shape index (κ1) is 30.9. The summed E-state index contributed by atoms with van der Waals surface area (Å²) in [4.78, 5) is 15.1. The molecule has 0 bridgehead atoms. The number of amides is 1. The molecule has 0 spiro atoms. The largest absolute Gasteiger partial charge is 0.505 e. The number of anilines is 1. The molecule has 43 heavy (non-hydrogen) atoms. The van der Waals surface area contributed by atoms with Crippen LogP contribution in [0.5, 0.6) is 5.75 Å². The smallest absolute Gasteiger partial charge is 0.411 e. The highest BCUT2D eigenvalue weighted by molar-refractivity contribution is 6.37. The van der Waals surface area contributed by atoms with E-state index in [0.29, 0.717) is 11.6 Å². The molecule has 5 rings (SSSR count). The Hall–Kier alpha value is -3.55. The Bertz CT molecular complexity index is 1490. The van der Waals surface area contributed by atoms with Crippen LogP contribution >= 0.6 is 23.2 Å². The number of aromatic hydroxyl groups is 1. The summed E-state index contributed by atoms with van der Waals surface area (Å²) in [5, 5.41) is 16.8. The number of nitrogens with zero attached hydrogens (tertiary/aromatic N) is 1. The van der Waals surface area contributed by atoms with Gasteiger partial charge in [0.05, 0.1) is 15.7 Å². The number of rotatable bonds is 11. The van der Waals surface area contributed by atoms with Crippen molar-refractivity contribution in [1.29, 1.82) is 0 Å². The first-order valence-corrected chi connectivity index (χ1v) is 15.5.